The second-order valence-electron chi connectivity index (χ2n) is 5.26. The van der Waals surface area contributed by atoms with Crippen LogP contribution in [0.1, 0.15) is 16.7 Å². The van der Waals surface area contributed by atoms with Crippen molar-refractivity contribution in [2.45, 2.75) is 17.4 Å². The Morgan fingerprint density at radius 1 is 1.09 bits per heavy atom. The van der Waals surface area contributed by atoms with Crippen LogP contribution in [-0.4, -0.2) is 15.4 Å². The van der Waals surface area contributed by atoms with Gasteiger partial charge in [0.15, 0.2) is 5.72 Å². The molecular formula is C16H12BrCl2NOS. The molecule has 1 aliphatic carbocycles. The summed E-state index contributed by atoms with van der Waals surface area (Å²) >= 11 is 13.6. The number of nitrogens with zero attached hydrogens (tertiary/aromatic N) is 1. The van der Waals surface area contributed by atoms with Gasteiger partial charge in [-0.1, -0.05) is 53.2 Å². The number of rotatable bonds is 1. The first-order valence-corrected chi connectivity index (χ1v) is 8.23. The Hall–Kier alpha value is -0.520. The maximum absolute atomic E-state index is 11.0. The second-order valence-corrected chi connectivity index (χ2v) is 7.33. The zero-order valence-electron chi connectivity index (χ0n) is 11.3. The summed E-state index contributed by atoms with van der Waals surface area (Å²) in [5, 5.41) is 13.2. The van der Waals surface area contributed by atoms with E-state index in [0.29, 0.717) is 10.0 Å². The number of benzene rings is 2. The van der Waals surface area contributed by atoms with Gasteiger partial charge in [0.25, 0.3) is 0 Å². The lowest BCUT2D eigenvalue weighted by Gasteiger charge is -2.19. The highest BCUT2D eigenvalue weighted by molar-refractivity contribution is 8.93. The molecule has 0 fully saturated rings. The Morgan fingerprint density at radius 3 is 2.50 bits per heavy atom. The number of halogens is 3. The van der Waals surface area contributed by atoms with Gasteiger partial charge in [0.1, 0.15) is 5.04 Å². The molecule has 22 heavy (non-hydrogen) atoms. The molecule has 2 unspecified atom stereocenters. The van der Waals surface area contributed by atoms with E-state index in [2.05, 4.69) is 4.99 Å². The minimum atomic E-state index is -1.14. The highest BCUT2D eigenvalue weighted by Gasteiger charge is 2.50. The minimum absolute atomic E-state index is 0. The molecule has 2 aromatic carbocycles. The van der Waals surface area contributed by atoms with Gasteiger partial charge in [0.05, 0.1) is 5.25 Å². The molecule has 0 radical (unpaired) electrons. The Morgan fingerprint density at radius 2 is 1.77 bits per heavy atom. The third-order valence-corrected chi connectivity index (χ3v) is 5.75. The van der Waals surface area contributed by atoms with E-state index in [4.69, 9.17) is 23.2 Å². The average molecular weight is 417 g/mol. The number of fused-ring (bicyclic) bond motifs is 3. The summed E-state index contributed by atoms with van der Waals surface area (Å²) in [7, 11) is 0. The maximum Gasteiger partial charge on any atom is 0.196 e. The third-order valence-electron chi connectivity index (χ3n) is 3.94. The van der Waals surface area contributed by atoms with Gasteiger partial charge in [-0.15, -0.1) is 17.0 Å². The molecule has 0 amide bonds. The molecule has 6 heteroatoms. The number of aliphatic hydroxyl groups is 1. The summed E-state index contributed by atoms with van der Waals surface area (Å²) in [5.41, 5.74) is 1.80. The molecule has 0 spiro atoms. The Bertz CT molecular complexity index is 765. The lowest BCUT2D eigenvalue weighted by molar-refractivity contribution is 0.0581. The van der Waals surface area contributed by atoms with E-state index in [9.17, 15) is 5.11 Å². The zero-order chi connectivity index (χ0) is 14.6. The zero-order valence-corrected chi connectivity index (χ0v) is 15.3. The molecule has 0 aromatic heterocycles. The summed E-state index contributed by atoms with van der Waals surface area (Å²) in [5.74, 6) is 0. The van der Waals surface area contributed by atoms with E-state index in [-0.39, 0.29) is 22.2 Å². The molecule has 2 atom stereocenters. The van der Waals surface area contributed by atoms with E-state index < -0.39 is 5.72 Å². The van der Waals surface area contributed by atoms with Gasteiger partial charge < -0.3 is 5.11 Å². The average Bonchev–Trinajstić information content (AvgIpc) is 2.89. The summed E-state index contributed by atoms with van der Waals surface area (Å²) in [6, 6.07) is 13.2. The van der Waals surface area contributed by atoms with Gasteiger partial charge in [0, 0.05) is 21.2 Å². The van der Waals surface area contributed by atoms with Gasteiger partial charge in [-0.25, -0.2) is 4.99 Å². The first-order chi connectivity index (χ1) is 10.1. The van der Waals surface area contributed by atoms with Crippen LogP contribution in [0.15, 0.2) is 47.5 Å². The van der Waals surface area contributed by atoms with Gasteiger partial charge in [0.2, 0.25) is 0 Å². The SMILES string of the molecule is Br.OC12N=C(c3ccc(Cl)cc3)SC1Cc1cc(Cl)ccc12. The fraction of sp³-hybridized carbons (Fsp3) is 0.188. The van der Waals surface area contributed by atoms with Crippen molar-refractivity contribution in [2.75, 3.05) is 0 Å². The Balaban J connectivity index is 0.00000144. The predicted octanol–water partition coefficient (Wildman–Crippen LogP) is 4.83. The molecule has 2 nitrogen and oxygen atoms in total. The van der Waals surface area contributed by atoms with E-state index in [0.717, 1.165) is 28.2 Å². The largest absolute Gasteiger partial charge is 0.365 e. The smallest absolute Gasteiger partial charge is 0.196 e. The van der Waals surface area contributed by atoms with Crippen LogP contribution in [-0.2, 0) is 12.1 Å². The minimum Gasteiger partial charge on any atom is -0.365 e. The topological polar surface area (TPSA) is 32.6 Å². The van der Waals surface area contributed by atoms with Crippen LogP contribution < -0.4 is 0 Å². The maximum atomic E-state index is 11.0. The summed E-state index contributed by atoms with van der Waals surface area (Å²) in [6.45, 7) is 0. The quantitative estimate of drug-likeness (QED) is 0.721. The summed E-state index contributed by atoms with van der Waals surface area (Å²) in [6.07, 6.45) is 0.775. The van der Waals surface area contributed by atoms with Crippen LogP contribution in [0.5, 0.6) is 0 Å². The normalized spacial score (nSPS) is 25.2. The second kappa shape index (κ2) is 5.84. The van der Waals surface area contributed by atoms with Crippen molar-refractivity contribution < 1.29 is 5.11 Å². The van der Waals surface area contributed by atoms with Crippen molar-refractivity contribution in [3.63, 3.8) is 0 Å². The van der Waals surface area contributed by atoms with Crippen molar-refractivity contribution in [2.24, 2.45) is 4.99 Å². The van der Waals surface area contributed by atoms with E-state index in [1.807, 2.05) is 36.4 Å². The molecule has 2 aromatic rings. The highest BCUT2D eigenvalue weighted by Crippen LogP contribution is 2.50. The van der Waals surface area contributed by atoms with Crippen LogP contribution in [0.2, 0.25) is 10.0 Å². The van der Waals surface area contributed by atoms with E-state index >= 15 is 0 Å². The molecular weight excluding hydrogens is 405 g/mol. The number of aliphatic imine (C=N–C) groups is 1. The fourth-order valence-corrected chi connectivity index (χ4v) is 4.56. The first kappa shape index (κ1) is 16.3. The van der Waals surface area contributed by atoms with E-state index in [1.165, 1.54) is 0 Å². The number of hydrogen-bond acceptors (Lipinski definition) is 3. The van der Waals surface area contributed by atoms with Crippen molar-refractivity contribution >= 4 is 57.0 Å². The van der Waals surface area contributed by atoms with Gasteiger partial charge in [-0.3, -0.25) is 0 Å². The molecule has 114 valence electrons. The molecule has 1 aliphatic heterocycles. The molecule has 0 saturated heterocycles. The van der Waals surface area contributed by atoms with Crippen LogP contribution >= 0.6 is 51.9 Å². The summed E-state index contributed by atoms with van der Waals surface area (Å²) in [4.78, 5) is 4.60. The van der Waals surface area contributed by atoms with Crippen LogP contribution in [0.4, 0.5) is 0 Å². The molecule has 0 saturated carbocycles. The standard InChI is InChI=1S/C16H11Cl2NOS.BrH/c17-11-3-1-9(2-4-11)15-19-16(20)13-6-5-12(18)7-10(13)8-14(16)21-15;/h1-7,14,20H,8H2;1H. The van der Waals surface area contributed by atoms with Crippen molar-refractivity contribution in [1.82, 2.24) is 0 Å². The van der Waals surface area contributed by atoms with Crippen molar-refractivity contribution in [3.05, 3.63) is 69.2 Å². The number of thioether (sulfide) groups is 1. The van der Waals surface area contributed by atoms with Crippen LogP contribution in [0, 0.1) is 0 Å². The monoisotopic (exact) mass is 415 g/mol. The summed E-state index contributed by atoms with van der Waals surface area (Å²) < 4.78 is 0. The lowest BCUT2D eigenvalue weighted by Crippen LogP contribution is -2.27. The molecule has 1 N–H and O–H groups in total. The van der Waals surface area contributed by atoms with Gasteiger partial charge >= 0.3 is 0 Å². The fourth-order valence-electron chi connectivity index (χ4n) is 2.90. The molecule has 4 rings (SSSR count). The van der Waals surface area contributed by atoms with Crippen molar-refractivity contribution in [3.8, 4) is 0 Å². The first-order valence-electron chi connectivity index (χ1n) is 6.60. The van der Waals surface area contributed by atoms with Crippen LogP contribution in [0.25, 0.3) is 0 Å². The predicted molar refractivity (Wildman–Crippen MR) is 98.7 cm³/mol. The highest BCUT2D eigenvalue weighted by atomic mass is 79.9. The Kier molecular flexibility index (Phi) is 4.34. The Labute approximate surface area is 153 Å². The van der Waals surface area contributed by atoms with Crippen molar-refractivity contribution in [1.29, 1.82) is 0 Å². The molecule has 0 bridgehead atoms. The molecule has 1 heterocycles. The van der Waals surface area contributed by atoms with Crippen LogP contribution in [0.3, 0.4) is 0 Å². The van der Waals surface area contributed by atoms with E-state index in [1.54, 1.807) is 17.8 Å². The van der Waals surface area contributed by atoms with Gasteiger partial charge in [-0.05, 0) is 36.2 Å². The van der Waals surface area contributed by atoms with Gasteiger partial charge in [-0.2, -0.15) is 0 Å². The lowest BCUT2D eigenvalue weighted by atomic mass is 10.1. The third kappa shape index (κ3) is 2.51. The number of hydrogen-bond donors (Lipinski definition) is 1. The molecule has 2 aliphatic rings.